The highest BCUT2D eigenvalue weighted by Crippen LogP contribution is 2.09. The highest BCUT2D eigenvalue weighted by atomic mass is 35.5. The fourth-order valence-electron chi connectivity index (χ4n) is 1.58. The van der Waals surface area contributed by atoms with Crippen LogP contribution in [0.3, 0.4) is 0 Å². The molecule has 0 aliphatic heterocycles. The third-order valence-corrected chi connectivity index (χ3v) is 2.89. The molecule has 4 N–H and O–H groups in total. The van der Waals surface area contributed by atoms with Crippen molar-refractivity contribution in [1.82, 2.24) is 10.2 Å². The molecule has 21 heavy (non-hydrogen) atoms. The molecule has 0 heterocycles. The molecule has 0 unspecified atom stereocenters. The zero-order valence-electron chi connectivity index (χ0n) is 11.2. The second-order valence-electron chi connectivity index (χ2n) is 4.27. The van der Waals surface area contributed by atoms with Gasteiger partial charge in [0, 0.05) is 24.5 Å². The SMILES string of the molecule is NC(=O)N(CCCC(=O)O)C(=O)NCc1ccc(Cl)cc1. The normalized spacial score (nSPS) is 9.95. The molecule has 0 fully saturated rings. The van der Waals surface area contributed by atoms with E-state index in [2.05, 4.69) is 5.32 Å². The van der Waals surface area contributed by atoms with E-state index in [1.807, 2.05) is 0 Å². The van der Waals surface area contributed by atoms with E-state index >= 15 is 0 Å². The molecule has 114 valence electrons. The van der Waals surface area contributed by atoms with Crippen molar-refractivity contribution in [1.29, 1.82) is 0 Å². The summed E-state index contributed by atoms with van der Waals surface area (Å²) in [5.41, 5.74) is 5.91. The molecule has 0 aromatic heterocycles. The van der Waals surface area contributed by atoms with Crippen molar-refractivity contribution in [3.05, 3.63) is 34.9 Å². The molecule has 0 aliphatic carbocycles. The van der Waals surface area contributed by atoms with Gasteiger partial charge in [0.15, 0.2) is 0 Å². The first-order chi connectivity index (χ1) is 9.90. The molecule has 7 nitrogen and oxygen atoms in total. The number of amides is 4. The first kappa shape index (κ1) is 16.8. The smallest absolute Gasteiger partial charge is 0.325 e. The Morgan fingerprint density at radius 2 is 1.86 bits per heavy atom. The van der Waals surface area contributed by atoms with Crippen molar-refractivity contribution in [3.63, 3.8) is 0 Å². The van der Waals surface area contributed by atoms with Gasteiger partial charge in [-0.15, -0.1) is 0 Å². The van der Waals surface area contributed by atoms with Gasteiger partial charge in [-0.25, -0.2) is 14.5 Å². The van der Waals surface area contributed by atoms with Gasteiger partial charge < -0.3 is 16.2 Å². The Morgan fingerprint density at radius 3 is 2.38 bits per heavy atom. The molecular formula is C13H16ClN3O4. The van der Waals surface area contributed by atoms with E-state index < -0.39 is 18.0 Å². The summed E-state index contributed by atoms with van der Waals surface area (Å²) in [6.45, 7) is 0.160. The number of nitrogens with two attached hydrogens (primary N) is 1. The lowest BCUT2D eigenvalue weighted by Crippen LogP contribution is -2.46. The summed E-state index contributed by atoms with van der Waals surface area (Å²) in [6.07, 6.45) is 0.000876. The molecular weight excluding hydrogens is 298 g/mol. The minimum atomic E-state index is -0.999. The first-order valence-electron chi connectivity index (χ1n) is 6.21. The zero-order chi connectivity index (χ0) is 15.8. The Labute approximate surface area is 126 Å². The topological polar surface area (TPSA) is 113 Å². The van der Waals surface area contributed by atoms with Crippen LogP contribution in [-0.4, -0.2) is 34.6 Å². The van der Waals surface area contributed by atoms with E-state index in [1.165, 1.54) is 0 Å². The largest absolute Gasteiger partial charge is 0.481 e. The number of carboxylic acids is 1. The van der Waals surface area contributed by atoms with Crippen LogP contribution in [-0.2, 0) is 11.3 Å². The lowest BCUT2D eigenvalue weighted by atomic mass is 10.2. The number of nitrogens with one attached hydrogen (secondary N) is 1. The maximum absolute atomic E-state index is 11.8. The van der Waals surface area contributed by atoms with Crippen LogP contribution in [0.4, 0.5) is 9.59 Å². The van der Waals surface area contributed by atoms with E-state index in [-0.39, 0.29) is 25.9 Å². The van der Waals surface area contributed by atoms with Crippen LogP contribution in [0.15, 0.2) is 24.3 Å². The van der Waals surface area contributed by atoms with Gasteiger partial charge in [0.1, 0.15) is 0 Å². The Bertz CT molecular complexity index is 519. The number of imide groups is 1. The van der Waals surface area contributed by atoms with Gasteiger partial charge in [-0.3, -0.25) is 4.79 Å². The highest BCUT2D eigenvalue weighted by Gasteiger charge is 2.18. The third kappa shape index (κ3) is 6.13. The van der Waals surface area contributed by atoms with Crippen LogP contribution < -0.4 is 11.1 Å². The third-order valence-electron chi connectivity index (χ3n) is 2.64. The maximum Gasteiger partial charge on any atom is 0.325 e. The molecule has 0 saturated heterocycles. The molecule has 0 saturated carbocycles. The highest BCUT2D eigenvalue weighted by molar-refractivity contribution is 6.30. The molecule has 4 amide bonds. The van der Waals surface area contributed by atoms with Crippen molar-refractivity contribution < 1.29 is 19.5 Å². The number of hydrogen-bond donors (Lipinski definition) is 3. The second kappa shape index (κ2) is 8.11. The molecule has 0 bridgehead atoms. The van der Waals surface area contributed by atoms with E-state index in [0.717, 1.165) is 10.5 Å². The van der Waals surface area contributed by atoms with Crippen LogP contribution in [0.5, 0.6) is 0 Å². The van der Waals surface area contributed by atoms with Crippen molar-refractivity contribution in [2.75, 3.05) is 6.54 Å². The second-order valence-corrected chi connectivity index (χ2v) is 4.71. The standard InChI is InChI=1S/C13H16ClN3O4/c14-10-5-3-9(4-6-10)8-16-13(21)17(12(15)20)7-1-2-11(18)19/h3-6H,1-2,7-8H2,(H2,15,20)(H,16,21)(H,18,19). The average molecular weight is 314 g/mol. The number of urea groups is 2. The van der Waals surface area contributed by atoms with Crippen molar-refractivity contribution in [2.45, 2.75) is 19.4 Å². The van der Waals surface area contributed by atoms with Gasteiger partial charge in [0.05, 0.1) is 0 Å². The van der Waals surface area contributed by atoms with Crippen LogP contribution in [0.1, 0.15) is 18.4 Å². The van der Waals surface area contributed by atoms with Gasteiger partial charge in [-0.1, -0.05) is 23.7 Å². The zero-order valence-corrected chi connectivity index (χ0v) is 12.0. The quantitative estimate of drug-likeness (QED) is 0.743. The number of carbonyl (C=O) groups is 3. The predicted octanol–water partition coefficient (Wildman–Crippen LogP) is 1.80. The molecule has 0 atom stereocenters. The van der Waals surface area contributed by atoms with Crippen LogP contribution >= 0.6 is 11.6 Å². The lowest BCUT2D eigenvalue weighted by Gasteiger charge is -2.18. The fourth-order valence-corrected chi connectivity index (χ4v) is 1.70. The minimum Gasteiger partial charge on any atom is -0.481 e. The number of carbonyl (C=O) groups excluding carboxylic acids is 2. The van der Waals surface area contributed by atoms with Crippen LogP contribution in [0.25, 0.3) is 0 Å². The summed E-state index contributed by atoms with van der Waals surface area (Å²) < 4.78 is 0. The number of primary amides is 1. The van der Waals surface area contributed by atoms with Crippen LogP contribution in [0.2, 0.25) is 5.02 Å². The predicted molar refractivity (Wildman–Crippen MR) is 76.8 cm³/mol. The summed E-state index contributed by atoms with van der Waals surface area (Å²) in [5.74, 6) is -0.999. The van der Waals surface area contributed by atoms with Gasteiger partial charge in [0.2, 0.25) is 0 Å². The van der Waals surface area contributed by atoms with Gasteiger partial charge in [0.25, 0.3) is 0 Å². The lowest BCUT2D eigenvalue weighted by molar-refractivity contribution is -0.137. The number of hydrogen-bond acceptors (Lipinski definition) is 3. The molecule has 0 aliphatic rings. The molecule has 0 radical (unpaired) electrons. The molecule has 8 heteroatoms. The van der Waals surface area contributed by atoms with Gasteiger partial charge in [-0.2, -0.15) is 0 Å². The maximum atomic E-state index is 11.8. The number of benzene rings is 1. The Kier molecular flexibility index (Phi) is 6.48. The minimum absolute atomic E-state index is 0.0475. The summed E-state index contributed by atoms with van der Waals surface area (Å²) in [7, 11) is 0. The van der Waals surface area contributed by atoms with Crippen molar-refractivity contribution in [3.8, 4) is 0 Å². The number of aliphatic carboxylic acids is 1. The van der Waals surface area contributed by atoms with Crippen molar-refractivity contribution in [2.24, 2.45) is 5.73 Å². The summed E-state index contributed by atoms with van der Waals surface area (Å²) >= 11 is 5.74. The molecule has 1 aromatic carbocycles. The van der Waals surface area contributed by atoms with E-state index in [0.29, 0.717) is 5.02 Å². The number of nitrogens with zero attached hydrogens (tertiary/aromatic N) is 1. The van der Waals surface area contributed by atoms with Gasteiger partial charge in [-0.05, 0) is 24.1 Å². The number of rotatable bonds is 6. The summed E-state index contributed by atoms with van der Waals surface area (Å²) in [6, 6.07) is 5.25. The van der Waals surface area contributed by atoms with Crippen LogP contribution in [0, 0.1) is 0 Å². The Balaban J connectivity index is 2.50. The van der Waals surface area contributed by atoms with Crippen molar-refractivity contribution >= 4 is 29.6 Å². The first-order valence-corrected chi connectivity index (χ1v) is 6.59. The Morgan fingerprint density at radius 1 is 1.24 bits per heavy atom. The molecule has 1 aromatic rings. The molecule has 1 rings (SSSR count). The summed E-state index contributed by atoms with van der Waals surface area (Å²) in [4.78, 5) is 34.2. The monoisotopic (exact) mass is 313 g/mol. The van der Waals surface area contributed by atoms with Gasteiger partial charge >= 0.3 is 18.0 Å². The number of carboxylic acid groups (broad SMARTS) is 1. The van der Waals surface area contributed by atoms with E-state index in [1.54, 1.807) is 24.3 Å². The average Bonchev–Trinajstić information content (AvgIpc) is 2.42. The fraction of sp³-hybridized carbons (Fsp3) is 0.308. The summed E-state index contributed by atoms with van der Waals surface area (Å²) in [5, 5.41) is 11.6. The molecule has 0 spiro atoms. The van der Waals surface area contributed by atoms with E-state index in [9.17, 15) is 14.4 Å². The number of halogens is 1. The Hall–Kier alpha value is -2.28. The van der Waals surface area contributed by atoms with E-state index in [4.69, 9.17) is 22.4 Å².